The number of urea groups is 1. The lowest BCUT2D eigenvalue weighted by Gasteiger charge is -2.60. The van der Waals surface area contributed by atoms with Crippen molar-refractivity contribution in [1.29, 1.82) is 0 Å². The van der Waals surface area contributed by atoms with Crippen molar-refractivity contribution in [2.24, 2.45) is 17.8 Å². The number of piperazine rings is 1. The number of alkyl halides is 1. The third kappa shape index (κ3) is 5.40. The summed E-state index contributed by atoms with van der Waals surface area (Å²) in [6.07, 6.45) is 4.36. The van der Waals surface area contributed by atoms with Gasteiger partial charge in [0, 0.05) is 50.7 Å². The summed E-state index contributed by atoms with van der Waals surface area (Å²) in [7, 11) is 0. The van der Waals surface area contributed by atoms with Crippen LogP contribution in [0.25, 0.3) is 0 Å². The third-order valence-corrected chi connectivity index (χ3v) is 10.7. The zero-order valence-electron chi connectivity index (χ0n) is 24.9. The summed E-state index contributed by atoms with van der Waals surface area (Å²) >= 11 is 0. The van der Waals surface area contributed by atoms with Gasteiger partial charge in [0.1, 0.15) is 6.17 Å². The van der Waals surface area contributed by atoms with Crippen LogP contribution in [0.3, 0.4) is 0 Å². The molecule has 5 N–H and O–H groups in total. The van der Waals surface area contributed by atoms with Gasteiger partial charge >= 0.3 is 6.03 Å². The van der Waals surface area contributed by atoms with Crippen LogP contribution in [0.5, 0.6) is 0 Å². The second-order valence-electron chi connectivity index (χ2n) is 13.4. The average Bonchev–Trinajstić information content (AvgIpc) is 3.42. The van der Waals surface area contributed by atoms with Gasteiger partial charge in [-0.25, -0.2) is 19.6 Å². The van der Waals surface area contributed by atoms with E-state index in [9.17, 15) is 9.59 Å². The molecular formula is C29H50FN9O2. The number of hydrazine groups is 2. The first-order valence-corrected chi connectivity index (χ1v) is 15.9. The molecule has 0 aromatic heterocycles. The number of fused-ring (bicyclic) bond motifs is 5. The van der Waals surface area contributed by atoms with Crippen LogP contribution in [0, 0.1) is 17.8 Å². The van der Waals surface area contributed by atoms with Crippen molar-refractivity contribution in [2.45, 2.75) is 102 Å². The molecule has 10 atom stereocenters. The molecule has 6 rings (SSSR count). The third-order valence-electron chi connectivity index (χ3n) is 10.7. The van der Waals surface area contributed by atoms with Crippen molar-refractivity contribution in [2.75, 3.05) is 39.3 Å². The minimum absolute atomic E-state index is 0.0257. The molecule has 2 bridgehead atoms. The van der Waals surface area contributed by atoms with Crippen LogP contribution in [-0.2, 0) is 4.79 Å². The number of hydrogen-bond acceptors (Lipinski definition) is 8. The van der Waals surface area contributed by atoms with Gasteiger partial charge in [-0.2, -0.15) is 5.53 Å². The lowest BCUT2D eigenvalue weighted by atomic mass is 9.75. The van der Waals surface area contributed by atoms with Crippen molar-refractivity contribution in [3.05, 3.63) is 12.7 Å². The summed E-state index contributed by atoms with van der Waals surface area (Å²) in [6.45, 7) is 14.5. The number of hydrogen-bond donors (Lipinski definition) is 5. The highest BCUT2D eigenvalue weighted by Gasteiger charge is 2.56. The van der Waals surface area contributed by atoms with E-state index < -0.39 is 6.17 Å². The predicted octanol–water partition coefficient (Wildman–Crippen LogP) is 0.579. The van der Waals surface area contributed by atoms with Gasteiger partial charge in [-0.05, 0) is 57.1 Å². The molecule has 0 spiro atoms. The van der Waals surface area contributed by atoms with E-state index in [0.29, 0.717) is 44.4 Å². The highest BCUT2D eigenvalue weighted by Crippen LogP contribution is 2.40. The molecule has 230 valence electrons. The van der Waals surface area contributed by atoms with Crippen molar-refractivity contribution in [1.82, 2.24) is 46.6 Å². The lowest BCUT2D eigenvalue weighted by Crippen LogP contribution is -2.80. The molecule has 0 aliphatic carbocycles. The number of amides is 3. The Morgan fingerprint density at radius 2 is 1.98 bits per heavy atom. The minimum Gasteiger partial charge on any atom is -0.336 e. The summed E-state index contributed by atoms with van der Waals surface area (Å²) in [6, 6.07) is -0.239. The molecular weight excluding hydrogens is 525 g/mol. The van der Waals surface area contributed by atoms with Crippen molar-refractivity contribution in [3.63, 3.8) is 0 Å². The Morgan fingerprint density at radius 3 is 2.73 bits per heavy atom. The maximum atomic E-state index is 16.3. The Balaban J connectivity index is 1.35. The minimum atomic E-state index is -1.05. The number of carbonyl (C=O) groups excluding carboxylic acids is 2. The van der Waals surface area contributed by atoms with Gasteiger partial charge in [0.15, 0.2) is 0 Å². The molecule has 0 saturated carbocycles. The van der Waals surface area contributed by atoms with Gasteiger partial charge in [0.25, 0.3) is 0 Å². The monoisotopic (exact) mass is 575 g/mol. The smallest absolute Gasteiger partial charge is 0.320 e. The van der Waals surface area contributed by atoms with E-state index in [1.54, 1.807) is 0 Å². The summed E-state index contributed by atoms with van der Waals surface area (Å²) in [5, 5.41) is 13.1. The number of piperidine rings is 2. The van der Waals surface area contributed by atoms with E-state index in [2.05, 4.69) is 69.1 Å². The molecule has 6 heterocycles. The maximum absolute atomic E-state index is 16.3. The first-order valence-electron chi connectivity index (χ1n) is 15.9. The fourth-order valence-electron chi connectivity index (χ4n) is 8.74. The van der Waals surface area contributed by atoms with Crippen molar-refractivity contribution >= 4 is 11.9 Å². The van der Waals surface area contributed by atoms with E-state index in [-0.39, 0.29) is 60.4 Å². The Kier molecular flexibility index (Phi) is 8.59. The molecule has 6 aliphatic heterocycles. The summed E-state index contributed by atoms with van der Waals surface area (Å²) in [5.74, 6) is 0.557. The summed E-state index contributed by atoms with van der Waals surface area (Å²) in [4.78, 5) is 32.9. The number of carbonyl (C=O) groups is 2. The second-order valence-corrected chi connectivity index (χ2v) is 13.4. The van der Waals surface area contributed by atoms with Crippen LogP contribution >= 0.6 is 0 Å². The quantitative estimate of drug-likeness (QED) is 0.311. The Hall–Kier alpha value is -1.83. The zero-order valence-corrected chi connectivity index (χ0v) is 24.9. The number of nitrogens with zero attached hydrogens (tertiary/aromatic N) is 4. The highest BCUT2D eigenvalue weighted by molar-refractivity contribution is 5.87. The number of halogens is 1. The lowest BCUT2D eigenvalue weighted by molar-refractivity contribution is -0.132. The molecule has 0 aromatic rings. The summed E-state index contributed by atoms with van der Waals surface area (Å²) in [5.41, 5.74) is 6.53. The molecule has 12 heteroatoms. The van der Waals surface area contributed by atoms with Crippen LogP contribution in [0.2, 0.25) is 0 Å². The van der Waals surface area contributed by atoms with Crippen molar-refractivity contribution in [3.8, 4) is 0 Å². The molecule has 6 saturated heterocycles. The van der Waals surface area contributed by atoms with Crippen molar-refractivity contribution < 1.29 is 14.0 Å². The zero-order chi connectivity index (χ0) is 28.8. The van der Waals surface area contributed by atoms with Gasteiger partial charge in [-0.3, -0.25) is 15.0 Å². The van der Waals surface area contributed by atoms with Crippen LogP contribution in [0.1, 0.15) is 52.9 Å². The van der Waals surface area contributed by atoms with Gasteiger partial charge in [-0.15, -0.1) is 0 Å². The van der Waals surface area contributed by atoms with Gasteiger partial charge in [0.2, 0.25) is 5.91 Å². The van der Waals surface area contributed by atoms with Crippen LogP contribution in [0.4, 0.5) is 9.18 Å². The van der Waals surface area contributed by atoms with Gasteiger partial charge < -0.3 is 20.4 Å². The first kappa shape index (κ1) is 29.3. The number of rotatable bonds is 3. The normalized spacial score (nSPS) is 42.5. The molecule has 3 amide bonds. The Morgan fingerprint density at radius 1 is 1.15 bits per heavy atom. The number of nitrogens with one attached hydrogen (secondary N) is 5. The van der Waals surface area contributed by atoms with Crippen LogP contribution < -0.4 is 26.9 Å². The van der Waals surface area contributed by atoms with E-state index in [1.807, 2.05) is 4.90 Å². The van der Waals surface area contributed by atoms with E-state index in [0.717, 1.165) is 38.8 Å². The Labute approximate surface area is 243 Å². The SMILES string of the molecule is C=CC(=O)N1CCN(C2NC(=O)N3C4NC(C(F)CC42)C2CNNN2CCCCC2CCNC(C(C)C)C23)[C@@H](C)C1. The highest BCUT2D eigenvalue weighted by atomic mass is 19.1. The standard InChI is InChI=1S/C29H50FN9O2/c1-5-23(40)36-12-13-37(18(4)16-36)27-20-14-21(30)25-22-15-32-35-38(22)11-7-6-8-19-9-10-31-24(17(2)3)26(19)39(28(20)33-25)29(41)34-27/h5,17-22,24-28,31-33,35H,1,6-16H2,2-4H3,(H,34,41)/t18-,19?,20?,21?,22?,24?,25?,26?,27?,28?/m0/s1. The fraction of sp³-hybridized carbons (Fsp3) is 0.862. The second kappa shape index (κ2) is 12.0. The Bertz CT molecular complexity index is 986. The molecule has 11 nitrogen and oxygen atoms in total. The topological polar surface area (TPSA) is 107 Å². The average molecular weight is 576 g/mol. The van der Waals surface area contributed by atoms with Crippen LogP contribution in [-0.4, -0.2) is 120 Å². The van der Waals surface area contributed by atoms with Crippen LogP contribution in [0.15, 0.2) is 12.7 Å². The molecule has 0 radical (unpaired) electrons. The largest absolute Gasteiger partial charge is 0.336 e. The fourth-order valence-corrected chi connectivity index (χ4v) is 8.74. The molecule has 6 fully saturated rings. The molecule has 41 heavy (non-hydrogen) atoms. The van der Waals surface area contributed by atoms with Gasteiger partial charge in [0.05, 0.1) is 30.5 Å². The first-order chi connectivity index (χ1) is 19.8. The maximum Gasteiger partial charge on any atom is 0.320 e. The van der Waals surface area contributed by atoms with E-state index >= 15 is 4.39 Å². The molecule has 9 unspecified atom stereocenters. The summed E-state index contributed by atoms with van der Waals surface area (Å²) < 4.78 is 16.3. The molecule has 0 aromatic carbocycles. The van der Waals surface area contributed by atoms with E-state index in [1.165, 1.54) is 6.08 Å². The van der Waals surface area contributed by atoms with E-state index in [4.69, 9.17) is 0 Å². The molecule has 6 aliphatic rings. The predicted molar refractivity (Wildman–Crippen MR) is 155 cm³/mol. The van der Waals surface area contributed by atoms with Gasteiger partial charge in [-0.1, -0.05) is 26.8 Å².